The fraction of sp³-hybridized carbons (Fsp3) is 0.712. The van der Waals surface area contributed by atoms with Crippen LogP contribution in [0, 0.1) is 17.8 Å². The van der Waals surface area contributed by atoms with Crippen LogP contribution in [0.5, 0.6) is 0 Å². The van der Waals surface area contributed by atoms with Crippen molar-refractivity contribution in [2.24, 2.45) is 17.8 Å². The molecule has 3 aliphatic rings. The number of aliphatic hydroxyl groups excluding tert-OH is 2. The summed E-state index contributed by atoms with van der Waals surface area (Å²) in [7, 11) is 3.45. The van der Waals surface area contributed by atoms with E-state index in [0.29, 0.717) is 25.8 Å². The molecule has 4 N–H and O–H groups in total. The van der Waals surface area contributed by atoms with E-state index in [0.717, 1.165) is 38.3 Å². The average molecular weight is 1150 g/mol. The Morgan fingerprint density at radius 2 is 1.35 bits per heavy atom. The summed E-state index contributed by atoms with van der Waals surface area (Å²) >= 11 is 0. The zero-order valence-corrected chi connectivity index (χ0v) is 52.4. The largest absolute Gasteiger partial charge is 0.459 e. The molecule has 0 spiro atoms. The Kier molecular flexibility index (Phi) is 25.2. The smallest absolute Gasteiger partial charge is 0.309 e. The van der Waals surface area contributed by atoms with Crippen molar-refractivity contribution in [2.75, 3.05) is 33.9 Å². The van der Waals surface area contributed by atoms with Crippen molar-refractivity contribution in [1.29, 1.82) is 0 Å². The number of likely N-dealkylation sites (N-methyl/N-ethyl adjacent to an activating group) is 1. The second kappa shape index (κ2) is 30.6. The molecular weight excluding hydrogens is 1040 g/mol. The van der Waals surface area contributed by atoms with E-state index < -0.39 is 90.8 Å². The summed E-state index contributed by atoms with van der Waals surface area (Å²) in [5.41, 5.74) is -2.88. The van der Waals surface area contributed by atoms with Gasteiger partial charge in [0.25, 0.3) is 0 Å². The summed E-state index contributed by atoms with van der Waals surface area (Å²) in [6, 6.07) is 27.6. The second-order valence-electron chi connectivity index (χ2n) is 25.6. The minimum absolute atomic E-state index is 0.0101. The molecule has 6 rings (SSSR count). The predicted molar refractivity (Wildman–Crippen MR) is 325 cm³/mol. The number of nitrogens with zero attached hydrogens (tertiary/aromatic N) is 3. The molecule has 0 radical (unpaired) electrons. The van der Waals surface area contributed by atoms with E-state index in [1.807, 2.05) is 70.8 Å². The predicted octanol–water partition coefficient (Wildman–Crippen LogP) is 9.53. The van der Waals surface area contributed by atoms with Crippen molar-refractivity contribution in [2.45, 2.75) is 249 Å². The Bertz CT molecular complexity index is 2230. The lowest BCUT2D eigenvalue weighted by molar-refractivity contribution is -0.293. The summed E-state index contributed by atoms with van der Waals surface area (Å²) in [4.78, 5) is 38.0. The van der Waals surface area contributed by atoms with Crippen LogP contribution in [-0.4, -0.2) is 159 Å². The van der Waals surface area contributed by atoms with Gasteiger partial charge in [-0.1, -0.05) is 108 Å². The van der Waals surface area contributed by atoms with E-state index in [4.69, 9.17) is 28.7 Å². The van der Waals surface area contributed by atoms with Crippen molar-refractivity contribution in [3.63, 3.8) is 0 Å². The number of hydrogen-bond donors (Lipinski definition) is 4. The zero-order valence-electron chi connectivity index (χ0n) is 51.5. The Morgan fingerprint density at radius 1 is 0.765 bits per heavy atom. The third-order valence-corrected chi connectivity index (χ3v) is 22.9. The molecule has 1 unspecified atom stereocenters. The lowest BCUT2D eigenvalue weighted by atomic mass is 9.73. The van der Waals surface area contributed by atoms with E-state index >= 15 is 0 Å². The number of ether oxygens (including phenoxy) is 5. The number of carbonyl (C=O) groups excluding carboxylic acids is 2. The van der Waals surface area contributed by atoms with Gasteiger partial charge in [0.05, 0.1) is 47.7 Å². The molecule has 4 heterocycles. The number of pyridine rings is 1. The van der Waals surface area contributed by atoms with Crippen LogP contribution in [0.3, 0.4) is 0 Å². The number of hydrogen-bond acceptors (Lipinski definition) is 13. The molecule has 1 amide bonds. The molecule has 14 nitrogen and oxygen atoms in total. The van der Waals surface area contributed by atoms with Gasteiger partial charge in [0, 0.05) is 56.8 Å². The Balaban J connectivity index is 1.10. The standard InChI is InChI=1S/C66H105N3O11P/c1-13-56-65(8,75)43-47(3)69(59(70)37-28-20-18-16-14-15-17-19-21-31-39-81(51-32-24-22-25-33-51,52-34-26-23-27-35-52)58-36-29-30-38-67-58)45-46(2)42-64(7,74)57(80-63-60(71)54(68(10)11)40-48(4)77-63)41-53(49(5)62(73)79-56)55-44-66(9,76-12)61(72)50(6)78-55/h22-27,29-30,32-36,38,46-50,53-57,60-61,63,71-72,74-75H,13-21,28,31,37,39-45H2,1-12H3/q+1/t46-,47-,48-,49-,50+,53+,54+,55?,56-,57-,60-,61+,63+,64-,65+,66-/m1/s1. The number of benzene rings is 2. The van der Waals surface area contributed by atoms with Gasteiger partial charge in [-0.3, -0.25) is 9.59 Å². The normalized spacial score (nSPS) is 34.1. The highest BCUT2D eigenvalue weighted by Gasteiger charge is 2.53. The highest BCUT2D eigenvalue weighted by Crippen LogP contribution is 2.55. The number of unbranched alkanes of at least 4 members (excludes halogenated alkanes) is 9. The number of aromatic nitrogens is 1. The molecule has 0 aliphatic carbocycles. The monoisotopic (exact) mass is 1150 g/mol. The van der Waals surface area contributed by atoms with Crippen molar-refractivity contribution in [3.05, 3.63) is 85.1 Å². The third-order valence-electron chi connectivity index (χ3n) is 18.5. The quantitative estimate of drug-likeness (QED) is 0.0425. The summed E-state index contributed by atoms with van der Waals surface area (Å²) in [6.45, 7) is 16.9. The van der Waals surface area contributed by atoms with Gasteiger partial charge in [0.2, 0.25) is 5.91 Å². The minimum atomic E-state index is -1.92. The molecule has 1 aromatic heterocycles. The molecule has 454 valence electrons. The van der Waals surface area contributed by atoms with Crippen LogP contribution in [0.4, 0.5) is 0 Å². The maximum Gasteiger partial charge on any atom is 0.309 e. The summed E-state index contributed by atoms with van der Waals surface area (Å²) in [5.74, 6) is -2.29. The van der Waals surface area contributed by atoms with Gasteiger partial charge in [-0.05, 0) is 143 Å². The van der Waals surface area contributed by atoms with Gasteiger partial charge in [-0.15, -0.1) is 0 Å². The van der Waals surface area contributed by atoms with Gasteiger partial charge < -0.3 is 53.9 Å². The Morgan fingerprint density at radius 3 is 1.90 bits per heavy atom. The van der Waals surface area contributed by atoms with E-state index in [-0.39, 0.29) is 49.7 Å². The molecule has 3 fully saturated rings. The molecule has 2 aromatic carbocycles. The second-order valence-corrected chi connectivity index (χ2v) is 29.1. The van der Waals surface area contributed by atoms with Gasteiger partial charge in [0.1, 0.15) is 41.8 Å². The fourth-order valence-electron chi connectivity index (χ4n) is 13.7. The van der Waals surface area contributed by atoms with E-state index in [1.165, 1.54) is 48.1 Å². The minimum Gasteiger partial charge on any atom is -0.459 e. The van der Waals surface area contributed by atoms with E-state index in [1.54, 1.807) is 34.8 Å². The SMILES string of the molecule is CC[C@H]1OC(=O)[C@H](C)[C@@H](C2C[C@@](C)(OC)[C@@H](O)[C@H](C)O2)C[C@@H](O[C@@H]2O[C@H](C)C[C@H](N(C)C)[C@H]2O)[C@](C)(O)C[C@@H](C)CN(C(=O)CCCCCCCCCCCC[P+](c2ccccc2)(c2ccccc2)c2ccccn2)[C@H](C)C[C@]1(C)O. The summed E-state index contributed by atoms with van der Waals surface area (Å²) < 4.78 is 32.0. The van der Waals surface area contributed by atoms with Gasteiger partial charge in [0.15, 0.2) is 11.7 Å². The number of cyclic esters (lactones) is 1. The molecule has 3 aromatic rings. The van der Waals surface area contributed by atoms with Crippen LogP contribution in [0.25, 0.3) is 0 Å². The first kappa shape index (κ1) is 66.7. The first-order chi connectivity index (χ1) is 38.5. The Labute approximate surface area is 487 Å². The first-order valence-electron chi connectivity index (χ1n) is 30.9. The molecule has 16 atom stereocenters. The van der Waals surface area contributed by atoms with Crippen LogP contribution in [0.15, 0.2) is 85.1 Å². The number of carbonyl (C=O) groups is 2. The van der Waals surface area contributed by atoms with Gasteiger partial charge >= 0.3 is 5.97 Å². The molecule has 81 heavy (non-hydrogen) atoms. The highest BCUT2D eigenvalue weighted by atomic mass is 31.2. The Hall–Kier alpha value is -3.40. The number of esters is 1. The fourth-order valence-corrected chi connectivity index (χ4v) is 17.9. The lowest BCUT2D eigenvalue weighted by Gasteiger charge is -2.49. The average Bonchev–Trinajstić information content (AvgIpc) is 3.51. The first-order valence-corrected chi connectivity index (χ1v) is 32.8. The maximum atomic E-state index is 14.6. The van der Waals surface area contributed by atoms with Crippen molar-refractivity contribution >= 4 is 35.2 Å². The zero-order chi connectivity index (χ0) is 59.1. The molecule has 3 aliphatic heterocycles. The van der Waals surface area contributed by atoms with Gasteiger partial charge in [-0.2, -0.15) is 0 Å². The number of methoxy groups -OCH3 is 1. The molecule has 3 saturated heterocycles. The summed E-state index contributed by atoms with van der Waals surface area (Å²) in [5, 5.41) is 51.0. The molecular formula is C66H105N3O11P+. The van der Waals surface area contributed by atoms with E-state index in [9.17, 15) is 30.0 Å². The maximum absolute atomic E-state index is 14.6. The van der Waals surface area contributed by atoms with Crippen LogP contribution >= 0.6 is 7.26 Å². The molecule has 0 saturated carbocycles. The topological polar surface area (TPSA) is 181 Å². The molecule has 0 bridgehead atoms. The van der Waals surface area contributed by atoms with Crippen molar-refractivity contribution < 1.29 is 53.7 Å². The number of aliphatic hydroxyl groups is 4. The highest BCUT2D eigenvalue weighted by molar-refractivity contribution is 7.95. The lowest BCUT2D eigenvalue weighted by Crippen LogP contribution is -2.59. The summed E-state index contributed by atoms with van der Waals surface area (Å²) in [6.07, 6.45) is 9.37. The van der Waals surface area contributed by atoms with Crippen LogP contribution in [0.1, 0.15) is 171 Å². The number of amides is 1. The van der Waals surface area contributed by atoms with Crippen LogP contribution in [0.2, 0.25) is 0 Å². The van der Waals surface area contributed by atoms with Crippen LogP contribution < -0.4 is 16.0 Å². The number of rotatable bonds is 22. The molecule has 15 heteroatoms. The van der Waals surface area contributed by atoms with E-state index in [2.05, 4.69) is 72.8 Å². The van der Waals surface area contributed by atoms with Gasteiger partial charge in [-0.25, -0.2) is 4.98 Å². The third kappa shape index (κ3) is 17.4. The van der Waals surface area contributed by atoms with Crippen molar-refractivity contribution in [3.8, 4) is 0 Å². The van der Waals surface area contributed by atoms with Crippen molar-refractivity contribution in [1.82, 2.24) is 14.8 Å². The van der Waals surface area contributed by atoms with Crippen LogP contribution in [-0.2, 0) is 33.3 Å².